The summed E-state index contributed by atoms with van der Waals surface area (Å²) in [5.41, 5.74) is 5.90. The number of aromatic amines is 1. The normalized spacial score (nSPS) is 9.56. The molecule has 0 fully saturated rings. The van der Waals surface area contributed by atoms with Gasteiger partial charge in [-0.25, -0.2) is 0 Å². The zero-order valence-corrected chi connectivity index (χ0v) is 4.70. The standard InChI is InChI=1S/C4H7BN2O2/c6-3-1-2-7-4(3)5(8)9/h1-2,7-9H,6H2. The highest BCUT2D eigenvalue weighted by Gasteiger charge is 2.14. The molecule has 1 aromatic rings. The molecule has 1 heterocycles. The number of anilines is 1. The van der Waals surface area contributed by atoms with Crippen molar-refractivity contribution in [2.45, 2.75) is 0 Å². The Bertz CT molecular complexity index is 198. The Morgan fingerprint density at radius 2 is 2.22 bits per heavy atom. The highest BCUT2D eigenvalue weighted by Crippen LogP contribution is 1.93. The lowest BCUT2D eigenvalue weighted by molar-refractivity contribution is 0.424. The molecule has 0 aromatic carbocycles. The van der Waals surface area contributed by atoms with Gasteiger partial charge in [0.05, 0.1) is 5.59 Å². The van der Waals surface area contributed by atoms with Gasteiger partial charge in [-0.2, -0.15) is 0 Å². The number of aromatic nitrogens is 1. The van der Waals surface area contributed by atoms with E-state index in [-0.39, 0.29) is 5.59 Å². The molecule has 9 heavy (non-hydrogen) atoms. The predicted molar refractivity (Wildman–Crippen MR) is 35.0 cm³/mol. The quantitative estimate of drug-likeness (QED) is 0.337. The summed E-state index contributed by atoms with van der Waals surface area (Å²) in [6, 6.07) is 1.56. The fourth-order valence-corrected chi connectivity index (χ4v) is 0.618. The van der Waals surface area contributed by atoms with E-state index in [0.29, 0.717) is 5.69 Å². The van der Waals surface area contributed by atoms with Crippen LogP contribution < -0.4 is 11.3 Å². The van der Waals surface area contributed by atoms with E-state index in [2.05, 4.69) is 4.98 Å². The van der Waals surface area contributed by atoms with Crippen LogP contribution in [0.5, 0.6) is 0 Å². The fourth-order valence-electron chi connectivity index (χ4n) is 0.618. The van der Waals surface area contributed by atoms with Gasteiger partial charge in [0.15, 0.2) is 0 Å². The molecule has 5 N–H and O–H groups in total. The minimum atomic E-state index is -1.50. The number of nitrogen functional groups attached to an aromatic ring is 1. The molecule has 5 heteroatoms. The van der Waals surface area contributed by atoms with Crippen LogP contribution in [0.2, 0.25) is 0 Å². The summed E-state index contributed by atoms with van der Waals surface area (Å²) in [7, 11) is -1.50. The van der Waals surface area contributed by atoms with Gasteiger partial charge in [-0.3, -0.25) is 0 Å². The molecule has 1 rings (SSSR count). The summed E-state index contributed by atoms with van der Waals surface area (Å²) in [6.07, 6.45) is 1.55. The molecule has 0 bridgehead atoms. The van der Waals surface area contributed by atoms with Crippen LogP contribution in [0.4, 0.5) is 5.69 Å². The number of hydrogen-bond acceptors (Lipinski definition) is 3. The van der Waals surface area contributed by atoms with Crippen molar-refractivity contribution in [3.63, 3.8) is 0 Å². The third-order valence-corrected chi connectivity index (χ3v) is 1.07. The Hall–Kier alpha value is -0.935. The van der Waals surface area contributed by atoms with E-state index in [1.54, 1.807) is 12.3 Å². The molecular weight excluding hydrogens is 119 g/mol. The zero-order valence-electron chi connectivity index (χ0n) is 4.70. The first-order chi connectivity index (χ1) is 4.22. The van der Waals surface area contributed by atoms with Crippen LogP contribution in [-0.4, -0.2) is 22.2 Å². The van der Waals surface area contributed by atoms with E-state index < -0.39 is 7.12 Å². The maximum Gasteiger partial charge on any atom is 0.507 e. The molecule has 0 atom stereocenters. The molecule has 48 valence electrons. The van der Waals surface area contributed by atoms with Crippen LogP contribution in [0.1, 0.15) is 0 Å². The van der Waals surface area contributed by atoms with E-state index >= 15 is 0 Å². The maximum atomic E-state index is 8.54. The van der Waals surface area contributed by atoms with Crippen molar-refractivity contribution >= 4 is 18.4 Å². The second-order valence-corrected chi connectivity index (χ2v) is 1.72. The lowest BCUT2D eigenvalue weighted by atomic mass is 9.85. The Labute approximate surface area is 52.5 Å². The first-order valence-corrected chi connectivity index (χ1v) is 2.50. The molecule has 0 aliphatic rings. The van der Waals surface area contributed by atoms with Gasteiger partial charge in [0, 0.05) is 11.9 Å². The summed E-state index contributed by atoms with van der Waals surface area (Å²) in [5, 5.41) is 17.1. The maximum absolute atomic E-state index is 8.54. The largest absolute Gasteiger partial charge is 0.507 e. The van der Waals surface area contributed by atoms with Gasteiger partial charge < -0.3 is 20.8 Å². The first-order valence-electron chi connectivity index (χ1n) is 2.50. The molecular formula is C4H7BN2O2. The van der Waals surface area contributed by atoms with Crippen LogP contribution in [0, 0.1) is 0 Å². The Morgan fingerprint density at radius 3 is 2.44 bits per heavy atom. The zero-order chi connectivity index (χ0) is 6.85. The van der Waals surface area contributed by atoms with E-state index in [1.807, 2.05) is 0 Å². The topological polar surface area (TPSA) is 82.3 Å². The van der Waals surface area contributed by atoms with E-state index in [4.69, 9.17) is 15.8 Å². The van der Waals surface area contributed by atoms with Crippen LogP contribution in [0.3, 0.4) is 0 Å². The van der Waals surface area contributed by atoms with E-state index in [9.17, 15) is 0 Å². The molecule has 1 aromatic heterocycles. The van der Waals surface area contributed by atoms with E-state index in [1.165, 1.54) is 0 Å². The fraction of sp³-hybridized carbons (Fsp3) is 0. The molecule has 0 aliphatic heterocycles. The van der Waals surface area contributed by atoms with Crippen LogP contribution in [0.25, 0.3) is 0 Å². The van der Waals surface area contributed by atoms with Gasteiger partial charge >= 0.3 is 7.12 Å². The highest BCUT2D eigenvalue weighted by atomic mass is 16.4. The van der Waals surface area contributed by atoms with Gasteiger partial charge in [-0.15, -0.1) is 0 Å². The average Bonchev–Trinajstić information content (AvgIpc) is 2.13. The summed E-state index contributed by atoms with van der Waals surface area (Å²) in [5.74, 6) is 0. The second kappa shape index (κ2) is 2.12. The van der Waals surface area contributed by atoms with Crippen molar-refractivity contribution in [3.05, 3.63) is 12.3 Å². The summed E-state index contributed by atoms with van der Waals surface area (Å²) < 4.78 is 0. The minimum absolute atomic E-state index is 0.245. The van der Waals surface area contributed by atoms with Crippen molar-refractivity contribution < 1.29 is 10.0 Å². The van der Waals surface area contributed by atoms with Gasteiger partial charge in [0.2, 0.25) is 0 Å². The number of nitrogens with one attached hydrogen (secondary N) is 1. The average molecular weight is 126 g/mol. The van der Waals surface area contributed by atoms with Crippen molar-refractivity contribution in [1.82, 2.24) is 4.98 Å². The SMILES string of the molecule is Nc1cc[nH]c1B(O)O. The van der Waals surface area contributed by atoms with Gasteiger partial charge in [0.1, 0.15) is 0 Å². The third kappa shape index (κ3) is 1.06. The predicted octanol–water partition coefficient (Wildman–Crippen LogP) is -1.72. The van der Waals surface area contributed by atoms with Crippen molar-refractivity contribution in [2.24, 2.45) is 0 Å². The molecule has 0 aliphatic carbocycles. The van der Waals surface area contributed by atoms with Crippen LogP contribution in [-0.2, 0) is 0 Å². The van der Waals surface area contributed by atoms with Crippen molar-refractivity contribution in [1.29, 1.82) is 0 Å². The lowest BCUT2D eigenvalue weighted by Crippen LogP contribution is -2.32. The molecule has 0 radical (unpaired) electrons. The Morgan fingerprint density at radius 1 is 1.56 bits per heavy atom. The Balaban J connectivity index is 2.94. The molecule has 0 amide bonds. The first kappa shape index (κ1) is 6.19. The van der Waals surface area contributed by atoms with Crippen molar-refractivity contribution in [3.8, 4) is 0 Å². The number of nitrogens with two attached hydrogens (primary N) is 1. The summed E-state index contributed by atoms with van der Waals surface area (Å²) in [6.45, 7) is 0. The molecule has 0 spiro atoms. The second-order valence-electron chi connectivity index (χ2n) is 1.72. The van der Waals surface area contributed by atoms with Gasteiger partial charge in [-0.1, -0.05) is 0 Å². The number of H-pyrrole nitrogens is 1. The lowest BCUT2D eigenvalue weighted by Gasteiger charge is -1.94. The van der Waals surface area contributed by atoms with Crippen LogP contribution in [0.15, 0.2) is 12.3 Å². The molecule has 0 saturated carbocycles. The molecule has 0 saturated heterocycles. The van der Waals surface area contributed by atoms with Crippen molar-refractivity contribution in [2.75, 3.05) is 5.73 Å². The number of hydrogen-bond donors (Lipinski definition) is 4. The van der Waals surface area contributed by atoms with E-state index in [0.717, 1.165) is 0 Å². The molecule has 4 nitrogen and oxygen atoms in total. The van der Waals surface area contributed by atoms with Gasteiger partial charge in [-0.05, 0) is 6.07 Å². The smallest absolute Gasteiger partial charge is 0.422 e. The highest BCUT2D eigenvalue weighted by molar-refractivity contribution is 6.59. The summed E-state index contributed by atoms with van der Waals surface area (Å²) >= 11 is 0. The van der Waals surface area contributed by atoms with Gasteiger partial charge in [0.25, 0.3) is 0 Å². The monoisotopic (exact) mass is 126 g/mol. The summed E-state index contributed by atoms with van der Waals surface area (Å²) in [4.78, 5) is 2.58. The third-order valence-electron chi connectivity index (χ3n) is 1.07. The van der Waals surface area contributed by atoms with Crippen LogP contribution >= 0.6 is 0 Å². The number of rotatable bonds is 1. The minimum Gasteiger partial charge on any atom is -0.422 e. The Kier molecular flexibility index (Phi) is 1.46. The molecule has 0 unspecified atom stereocenters.